The lowest BCUT2D eigenvalue weighted by atomic mass is 9.85. The molecule has 0 heterocycles. The van der Waals surface area contributed by atoms with Gasteiger partial charge in [0.05, 0.1) is 6.04 Å². The Morgan fingerprint density at radius 2 is 2.23 bits per heavy atom. The maximum absolute atomic E-state index is 11.6. The minimum Gasteiger partial charge on any atom is -0.344 e. The Bertz CT molecular complexity index is 178. The van der Waals surface area contributed by atoms with Crippen molar-refractivity contribution in [2.45, 2.75) is 32.2 Å². The minimum atomic E-state index is -0.0509. The lowest BCUT2D eigenvalue weighted by Gasteiger charge is -2.31. The number of rotatable bonds is 4. The summed E-state index contributed by atoms with van der Waals surface area (Å²) in [6.45, 7) is 2.84. The zero-order valence-electron chi connectivity index (χ0n) is 8.84. The number of hydrogen-bond acceptors (Lipinski definition) is 2. The largest absolute Gasteiger partial charge is 0.344 e. The van der Waals surface area contributed by atoms with E-state index in [0.717, 1.165) is 12.5 Å². The first-order valence-electron chi connectivity index (χ1n) is 5.07. The summed E-state index contributed by atoms with van der Waals surface area (Å²) < 4.78 is 0. The van der Waals surface area contributed by atoms with Gasteiger partial charge in [-0.3, -0.25) is 4.79 Å². The Morgan fingerprint density at radius 1 is 1.62 bits per heavy atom. The maximum Gasteiger partial charge on any atom is 0.239 e. The molecule has 0 radical (unpaired) electrons. The summed E-state index contributed by atoms with van der Waals surface area (Å²) in [6, 6.07) is -0.0509. The third kappa shape index (κ3) is 2.69. The number of carbonyl (C=O) groups is 1. The van der Waals surface area contributed by atoms with Gasteiger partial charge >= 0.3 is 0 Å². The van der Waals surface area contributed by atoms with Crippen LogP contribution in [0.15, 0.2) is 0 Å². The van der Waals surface area contributed by atoms with Crippen LogP contribution in [0.25, 0.3) is 0 Å². The molecule has 1 atom stereocenters. The van der Waals surface area contributed by atoms with E-state index in [0.29, 0.717) is 0 Å². The first-order valence-corrected chi connectivity index (χ1v) is 5.07. The van der Waals surface area contributed by atoms with Crippen molar-refractivity contribution < 1.29 is 4.79 Å². The van der Waals surface area contributed by atoms with Gasteiger partial charge < -0.3 is 10.2 Å². The molecule has 3 nitrogen and oxygen atoms in total. The Balaban J connectivity index is 2.28. The van der Waals surface area contributed by atoms with E-state index in [1.54, 1.807) is 0 Å². The zero-order chi connectivity index (χ0) is 9.84. The monoisotopic (exact) mass is 184 g/mol. The Kier molecular flexibility index (Phi) is 3.72. The van der Waals surface area contributed by atoms with Crippen LogP contribution in [0.5, 0.6) is 0 Å². The molecule has 1 rings (SSSR count). The fourth-order valence-electron chi connectivity index (χ4n) is 1.61. The van der Waals surface area contributed by atoms with Gasteiger partial charge in [0.1, 0.15) is 0 Å². The number of carbonyl (C=O) groups excluding carboxylic acids is 1. The summed E-state index contributed by atoms with van der Waals surface area (Å²) in [6.07, 6.45) is 3.94. The molecule has 1 aliphatic rings. The normalized spacial score (nSPS) is 19.3. The van der Waals surface area contributed by atoms with Crippen molar-refractivity contribution in [3.63, 3.8) is 0 Å². The van der Waals surface area contributed by atoms with Gasteiger partial charge in [0.2, 0.25) is 5.91 Å². The molecule has 0 saturated heterocycles. The fraction of sp³-hybridized carbons (Fsp3) is 0.900. The highest BCUT2D eigenvalue weighted by molar-refractivity contribution is 5.81. The van der Waals surface area contributed by atoms with Crippen LogP contribution in [0.2, 0.25) is 0 Å². The Labute approximate surface area is 80.5 Å². The molecular weight excluding hydrogens is 164 g/mol. The third-order valence-electron chi connectivity index (χ3n) is 2.94. The molecule has 0 aromatic rings. The van der Waals surface area contributed by atoms with Crippen LogP contribution in [-0.4, -0.2) is 37.5 Å². The number of nitrogens with one attached hydrogen (secondary N) is 1. The molecule has 1 aliphatic carbocycles. The van der Waals surface area contributed by atoms with E-state index in [4.69, 9.17) is 0 Å². The van der Waals surface area contributed by atoms with E-state index in [1.165, 1.54) is 19.3 Å². The van der Waals surface area contributed by atoms with Gasteiger partial charge in [-0.25, -0.2) is 0 Å². The molecule has 1 N–H and O–H groups in total. The van der Waals surface area contributed by atoms with Crippen molar-refractivity contribution in [1.29, 1.82) is 0 Å². The van der Waals surface area contributed by atoms with Gasteiger partial charge in [-0.15, -0.1) is 0 Å². The smallest absolute Gasteiger partial charge is 0.239 e. The quantitative estimate of drug-likeness (QED) is 0.702. The highest BCUT2D eigenvalue weighted by atomic mass is 16.2. The minimum absolute atomic E-state index is 0.0509. The van der Waals surface area contributed by atoms with E-state index in [1.807, 2.05) is 25.9 Å². The molecule has 1 fully saturated rings. The van der Waals surface area contributed by atoms with Gasteiger partial charge in [0.25, 0.3) is 0 Å². The molecule has 3 heteroatoms. The van der Waals surface area contributed by atoms with E-state index < -0.39 is 0 Å². The molecule has 0 aromatic carbocycles. The molecule has 0 aliphatic heterocycles. The van der Waals surface area contributed by atoms with Crippen LogP contribution in [0.3, 0.4) is 0 Å². The molecule has 1 unspecified atom stereocenters. The summed E-state index contributed by atoms with van der Waals surface area (Å²) in [5.41, 5.74) is 0. The number of nitrogens with zero attached hydrogens (tertiary/aromatic N) is 1. The Morgan fingerprint density at radius 3 is 2.62 bits per heavy atom. The highest BCUT2D eigenvalue weighted by Crippen LogP contribution is 2.26. The summed E-state index contributed by atoms with van der Waals surface area (Å²) in [4.78, 5) is 13.5. The van der Waals surface area contributed by atoms with Gasteiger partial charge in [-0.05, 0) is 32.7 Å². The summed E-state index contributed by atoms with van der Waals surface area (Å²) in [7, 11) is 3.72. The van der Waals surface area contributed by atoms with Crippen molar-refractivity contribution in [1.82, 2.24) is 10.2 Å². The van der Waals surface area contributed by atoms with Crippen molar-refractivity contribution in [3.05, 3.63) is 0 Å². The molecule has 0 aromatic heterocycles. The van der Waals surface area contributed by atoms with Gasteiger partial charge in [0.15, 0.2) is 0 Å². The molecule has 13 heavy (non-hydrogen) atoms. The van der Waals surface area contributed by atoms with Crippen molar-refractivity contribution in [2.24, 2.45) is 5.92 Å². The van der Waals surface area contributed by atoms with Crippen LogP contribution in [0.1, 0.15) is 26.2 Å². The van der Waals surface area contributed by atoms with Gasteiger partial charge in [0, 0.05) is 13.6 Å². The summed E-state index contributed by atoms with van der Waals surface area (Å²) in [5, 5.41) is 2.96. The molecule has 0 bridgehead atoms. The molecule has 1 amide bonds. The van der Waals surface area contributed by atoms with Gasteiger partial charge in [-0.1, -0.05) is 6.42 Å². The standard InChI is InChI=1S/C10H20N2O/c1-8(11-2)10(13)12(3)7-9-5-4-6-9/h8-9,11H,4-7H2,1-3H3. The maximum atomic E-state index is 11.6. The zero-order valence-corrected chi connectivity index (χ0v) is 8.84. The molecular formula is C10H20N2O. The third-order valence-corrected chi connectivity index (χ3v) is 2.94. The first kappa shape index (κ1) is 10.5. The van der Waals surface area contributed by atoms with Crippen molar-refractivity contribution in [3.8, 4) is 0 Å². The van der Waals surface area contributed by atoms with Crippen molar-refractivity contribution in [2.75, 3.05) is 20.6 Å². The van der Waals surface area contributed by atoms with Crippen LogP contribution in [0, 0.1) is 5.92 Å². The average Bonchev–Trinajstić information content (AvgIpc) is 2.08. The molecule has 76 valence electrons. The van der Waals surface area contributed by atoms with Crippen molar-refractivity contribution >= 4 is 5.91 Å². The summed E-state index contributed by atoms with van der Waals surface area (Å²) in [5.74, 6) is 0.965. The molecule has 1 saturated carbocycles. The summed E-state index contributed by atoms with van der Waals surface area (Å²) >= 11 is 0. The van der Waals surface area contributed by atoms with Crippen LogP contribution in [0.4, 0.5) is 0 Å². The first-order chi connectivity index (χ1) is 6.15. The second kappa shape index (κ2) is 4.61. The SMILES string of the molecule is CNC(C)C(=O)N(C)CC1CCC1. The van der Waals surface area contributed by atoms with Gasteiger partial charge in [-0.2, -0.15) is 0 Å². The fourth-order valence-corrected chi connectivity index (χ4v) is 1.61. The van der Waals surface area contributed by atoms with E-state index in [-0.39, 0.29) is 11.9 Å². The Hall–Kier alpha value is -0.570. The predicted octanol–water partition coefficient (Wildman–Crippen LogP) is 0.853. The average molecular weight is 184 g/mol. The number of likely N-dealkylation sites (N-methyl/N-ethyl adjacent to an activating group) is 2. The number of amides is 1. The van der Waals surface area contributed by atoms with E-state index in [9.17, 15) is 4.79 Å². The predicted molar refractivity (Wildman–Crippen MR) is 53.5 cm³/mol. The molecule has 0 spiro atoms. The highest BCUT2D eigenvalue weighted by Gasteiger charge is 2.23. The number of hydrogen-bond donors (Lipinski definition) is 1. The van der Waals surface area contributed by atoms with E-state index >= 15 is 0 Å². The lowest BCUT2D eigenvalue weighted by Crippen LogP contribution is -2.44. The second-order valence-corrected chi connectivity index (χ2v) is 4.03. The van der Waals surface area contributed by atoms with Crippen LogP contribution < -0.4 is 5.32 Å². The topological polar surface area (TPSA) is 32.3 Å². The van der Waals surface area contributed by atoms with E-state index in [2.05, 4.69) is 5.32 Å². The second-order valence-electron chi connectivity index (χ2n) is 4.03. The van der Waals surface area contributed by atoms with Crippen LogP contribution in [-0.2, 0) is 4.79 Å². The lowest BCUT2D eigenvalue weighted by molar-refractivity contribution is -0.132. The van der Waals surface area contributed by atoms with Crippen LogP contribution >= 0.6 is 0 Å².